The molecule has 0 unspecified atom stereocenters. The molecule has 0 rings (SSSR count). The molecule has 6 nitrogen and oxygen atoms in total. The maximum absolute atomic E-state index is 11.6. The Morgan fingerprint density at radius 2 is 0.828 bits per heavy atom. The SMILES string of the molecule is CCCCCCCCC(=O)OCCOCCOCCOC(=O)CCCCCCC. The topological polar surface area (TPSA) is 71.1 Å². The number of unbranched alkanes of at least 4 members (excludes halogenated alkanes) is 9. The van der Waals surface area contributed by atoms with Gasteiger partial charge in [0.15, 0.2) is 0 Å². The van der Waals surface area contributed by atoms with E-state index in [2.05, 4.69) is 13.8 Å². The zero-order chi connectivity index (χ0) is 21.4. The van der Waals surface area contributed by atoms with Gasteiger partial charge in [-0.15, -0.1) is 0 Å². The maximum Gasteiger partial charge on any atom is 0.305 e. The highest BCUT2D eigenvalue weighted by Gasteiger charge is 2.03. The number of hydrogen-bond acceptors (Lipinski definition) is 6. The quantitative estimate of drug-likeness (QED) is 0.178. The van der Waals surface area contributed by atoms with Gasteiger partial charge in [0.1, 0.15) is 13.2 Å². The van der Waals surface area contributed by atoms with Crippen molar-refractivity contribution in [2.24, 2.45) is 0 Å². The average molecular weight is 417 g/mol. The molecule has 172 valence electrons. The highest BCUT2D eigenvalue weighted by molar-refractivity contribution is 5.69. The number of ether oxygens (including phenoxy) is 4. The van der Waals surface area contributed by atoms with Crippen molar-refractivity contribution in [1.82, 2.24) is 0 Å². The minimum atomic E-state index is -0.149. The Morgan fingerprint density at radius 3 is 1.24 bits per heavy atom. The van der Waals surface area contributed by atoms with Gasteiger partial charge in [-0.05, 0) is 12.8 Å². The molecule has 0 aliphatic rings. The Labute approximate surface area is 178 Å². The van der Waals surface area contributed by atoms with Gasteiger partial charge in [-0.3, -0.25) is 9.59 Å². The zero-order valence-electron chi connectivity index (χ0n) is 18.9. The molecule has 0 saturated heterocycles. The van der Waals surface area contributed by atoms with Crippen LogP contribution in [0.15, 0.2) is 0 Å². The lowest BCUT2D eigenvalue weighted by Crippen LogP contribution is -2.15. The van der Waals surface area contributed by atoms with Crippen molar-refractivity contribution in [3.63, 3.8) is 0 Å². The molecule has 0 aromatic rings. The first-order valence-corrected chi connectivity index (χ1v) is 11.7. The summed E-state index contributed by atoms with van der Waals surface area (Å²) in [6.45, 7) is 6.54. The van der Waals surface area contributed by atoms with Crippen molar-refractivity contribution in [3.05, 3.63) is 0 Å². The van der Waals surface area contributed by atoms with Crippen LogP contribution < -0.4 is 0 Å². The van der Waals surface area contributed by atoms with Crippen LogP contribution in [-0.2, 0) is 28.5 Å². The van der Waals surface area contributed by atoms with Gasteiger partial charge in [-0.25, -0.2) is 0 Å². The molecule has 6 heteroatoms. The predicted octanol–water partition coefficient (Wildman–Crippen LogP) is 5.22. The van der Waals surface area contributed by atoms with Crippen LogP contribution in [-0.4, -0.2) is 51.6 Å². The van der Waals surface area contributed by atoms with Gasteiger partial charge in [0.05, 0.1) is 26.4 Å². The molecule has 0 heterocycles. The molecule has 0 aromatic heterocycles. The van der Waals surface area contributed by atoms with Crippen LogP contribution in [0.4, 0.5) is 0 Å². The van der Waals surface area contributed by atoms with Gasteiger partial charge >= 0.3 is 11.9 Å². The molecule has 0 saturated carbocycles. The standard InChI is InChI=1S/C23H44O6/c1-3-5-7-9-11-13-15-23(25)29-21-19-27-17-16-26-18-20-28-22(24)14-12-10-8-6-4-2/h3-21H2,1-2H3. The van der Waals surface area contributed by atoms with Crippen LogP contribution in [0.25, 0.3) is 0 Å². The predicted molar refractivity (Wildman–Crippen MR) is 115 cm³/mol. The van der Waals surface area contributed by atoms with Gasteiger partial charge in [-0.2, -0.15) is 0 Å². The second-order valence-corrected chi connectivity index (χ2v) is 7.35. The third-order valence-corrected chi connectivity index (χ3v) is 4.57. The van der Waals surface area contributed by atoms with Crippen molar-refractivity contribution >= 4 is 11.9 Å². The zero-order valence-corrected chi connectivity index (χ0v) is 18.9. The summed E-state index contributed by atoms with van der Waals surface area (Å²) in [4.78, 5) is 23.1. The molecule has 0 aromatic carbocycles. The van der Waals surface area contributed by atoms with E-state index < -0.39 is 0 Å². The lowest BCUT2D eigenvalue weighted by molar-refractivity contribution is -0.147. The minimum absolute atomic E-state index is 0.146. The van der Waals surface area contributed by atoms with E-state index in [1.165, 1.54) is 44.9 Å². The minimum Gasteiger partial charge on any atom is -0.463 e. The summed E-state index contributed by atoms with van der Waals surface area (Å²) in [6.07, 6.45) is 13.5. The molecule has 0 bridgehead atoms. The smallest absolute Gasteiger partial charge is 0.305 e. The average Bonchev–Trinajstić information content (AvgIpc) is 2.71. The Balaban J connectivity index is 3.23. The van der Waals surface area contributed by atoms with Crippen LogP contribution in [0.2, 0.25) is 0 Å². The Kier molecular flexibility index (Phi) is 22.2. The summed E-state index contributed by atoms with van der Waals surface area (Å²) in [7, 11) is 0. The number of hydrogen-bond donors (Lipinski definition) is 0. The fourth-order valence-electron chi connectivity index (χ4n) is 2.82. The summed E-state index contributed by atoms with van der Waals surface area (Å²) in [5, 5.41) is 0. The van der Waals surface area contributed by atoms with E-state index in [1.807, 2.05) is 0 Å². The lowest BCUT2D eigenvalue weighted by atomic mass is 10.1. The van der Waals surface area contributed by atoms with Crippen LogP contribution in [0, 0.1) is 0 Å². The van der Waals surface area contributed by atoms with Crippen LogP contribution in [0.3, 0.4) is 0 Å². The van der Waals surface area contributed by atoms with E-state index in [-0.39, 0.29) is 25.2 Å². The second-order valence-electron chi connectivity index (χ2n) is 7.35. The first-order chi connectivity index (χ1) is 14.2. The second kappa shape index (κ2) is 23.1. The summed E-state index contributed by atoms with van der Waals surface area (Å²) in [6, 6.07) is 0. The van der Waals surface area contributed by atoms with E-state index in [0.717, 1.165) is 25.7 Å². The van der Waals surface area contributed by atoms with Crippen molar-refractivity contribution in [3.8, 4) is 0 Å². The summed E-state index contributed by atoms with van der Waals surface area (Å²) < 4.78 is 21.0. The highest BCUT2D eigenvalue weighted by Crippen LogP contribution is 2.07. The number of carbonyl (C=O) groups is 2. The molecule has 0 spiro atoms. The van der Waals surface area contributed by atoms with Crippen molar-refractivity contribution in [2.75, 3.05) is 39.6 Å². The lowest BCUT2D eigenvalue weighted by Gasteiger charge is -2.08. The third-order valence-electron chi connectivity index (χ3n) is 4.57. The van der Waals surface area contributed by atoms with E-state index in [0.29, 0.717) is 39.3 Å². The van der Waals surface area contributed by atoms with E-state index in [9.17, 15) is 9.59 Å². The molecular weight excluding hydrogens is 372 g/mol. The van der Waals surface area contributed by atoms with Gasteiger partial charge in [0.25, 0.3) is 0 Å². The van der Waals surface area contributed by atoms with Crippen molar-refractivity contribution in [2.45, 2.75) is 97.3 Å². The van der Waals surface area contributed by atoms with Crippen molar-refractivity contribution < 1.29 is 28.5 Å². The van der Waals surface area contributed by atoms with E-state index in [4.69, 9.17) is 18.9 Å². The number of esters is 2. The maximum atomic E-state index is 11.6. The summed E-state index contributed by atoms with van der Waals surface area (Å²) >= 11 is 0. The van der Waals surface area contributed by atoms with Crippen LogP contribution >= 0.6 is 0 Å². The Hall–Kier alpha value is -1.14. The molecule has 0 aliphatic heterocycles. The summed E-state index contributed by atoms with van der Waals surface area (Å²) in [5.41, 5.74) is 0. The normalized spacial score (nSPS) is 10.8. The van der Waals surface area contributed by atoms with Gasteiger partial charge < -0.3 is 18.9 Å². The van der Waals surface area contributed by atoms with Gasteiger partial charge in [-0.1, -0.05) is 71.6 Å². The first kappa shape index (κ1) is 27.9. The first-order valence-electron chi connectivity index (χ1n) is 11.7. The number of carbonyl (C=O) groups excluding carboxylic acids is 2. The monoisotopic (exact) mass is 416 g/mol. The van der Waals surface area contributed by atoms with Crippen molar-refractivity contribution in [1.29, 1.82) is 0 Å². The van der Waals surface area contributed by atoms with Gasteiger partial charge in [0.2, 0.25) is 0 Å². The highest BCUT2D eigenvalue weighted by atomic mass is 16.6. The van der Waals surface area contributed by atoms with E-state index >= 15 is 0 Å². The fraction of sp³-hybridized carbons (Fsp3) is 0.913. The molecule has 0 aliphatic carbocycles. The molecule has 0 atom stereocenters. The molecule has 29 heavy (non-hydrogen) atoms. The molecule has 0 amide bonds. The van der Waals surface area contributed by atoms with Crippen LogP contribution in [0.1, 0.15) is 97.3 Å². The fourth-order valence-corrected chi connectivity index (χ4v) is 2.82. The Bertz CT molecular complexity index is 372. The molecule has 0 N–H and O–H groups in total. The molecular formula is C23H44O6. The molecule has 0 radical (unpaired) electrons. The third kappa shape index (κ3) is 23.0. The Morgan fingerprint density at radius 1 is 0.483 bits per heavy atom. The van der Waals surface area contributed by atoms with Gasteiger partial charge in [0, 0.05) is 12.8 Å². The number of rotatable bonds is 22. The largest absolute Gasteiger partial charge is 0.463 e. The molecule has 0 fully saturated rings. The van der Waals surface area contributed by atoms with E-state index in [1.54, 1.807) is 0 Å². The summed E-state index contributed by atoms with van der Waals surface area (Å²) in [5.74, 6) is -0.295. The van der Waals surface area contributed by atoms with Crippen LogP contribution in [0.5, 0.6) is 0 Å².